The number of rotatable bonds is 2. The summed E-state index contributed by atoms with van der Waals surface area (Å²) < 4.78 is 5.50. The lowest BCUT2D eigenvalue weighted by molar-refractivity contribution is 0.303. The Morgan fingerprint density at radius 2 is 2.36 bits per heavy atom. The molecule has 0 amide bonds. The summed E-state index contributed by atoms with van der Waals surface area (Å²) in [5, 5.41) is 0.614. The molecule has 1 aliphatic rings. The maximum atomic E-state index is 5.71. The molecule has 1 fully saturated rings. The fourth-order valence-electron chi connectivity index (χ4n) is 0.870. The van der Waals surface area contributed by atoms with Crippen molar-refractivity contribution in [2.24, 2.45) is 0 Å². The first kappa shape index (κ1) is 6.99. The summed E-state index contributed by atoms with van der Waals surface area (Å²) in [6.45, 7) is 0. The third-order valence-electron chi connectivity index (χ3n) is 1.56. The van der Waals surface area contributed by atoms with Gasteiger partial charge < -0.3 is 4.74 Å². The zero-order valence-corrected chi connectivity index (χ0v) is 6.77. The maximum Gasteiger partial charge on any atom is 0.121 e. The lowest BCUT2D eigenvalue weighted by Gasteiger charge is -2.02. The Labute approximate surface area is 70.9 Å². The van der Waals surface area contributed by atoms with E-state index < -0.39 is 0 Å². The second kappa shape index (κ2) is 2.74. The van der Waals surface area contributed by atoms with Crippen LogP contribution in [0.15, 0.2) is 18.2 Å². The van der Waals surface area contributed by atoms with Crippen LogP contribution in [-0.2, 0) is 0 Å². The monoisotopic (exact) mass is 167 g/mol. The van der Waals surface area contributed by atoms with Gasteiger partial charge in [-0.3, -0.25) is 0 Å². The highest BCUT2D eigenvalue weighted by Gasteiger charge is 2.23. The minimum Gasteiger partial charge on any atom is -0.490 e. The first-order valence-corrected chi connectivity index (χ1v) is 4.06. The minimum atomic E-state index is 0.438. The summed E-state index contributed by atoms with van der Waals surface area (Å²) in [4.78, 5) is 0. The van der Waals surface area contributed by atoms with Gasteiger partial charge in [-0.05, 0) is 31.0 Å². The van der Waals surface area contributed by atoms with Gasteiger partial charge in [-0.2, -0.15) is 0 Å². The molecule has 0 heterocycles. The number of halogens is 1. The number of hydrogen-bond donors (Lipinski definition) is 0. The largest absolute Gasteiger partial charge is 0.490 e. The van der Waals surface area contributed by atoms with Crippen LogP contribution in [0.25, 0.3) is 0 Å². The zero-order valence-electron chi connectivity index (χ0n) is 6.01. The average Bonchev–Trinajstić information content (AvgIpc) is 2.71. The molecule has 1 aromatic rings. The summed E-state index contributed by atoms with van der Waals surface area (Å²) in [7, 11) is 0. The van der Waals surface area contributed by atoms with Gasteiger partial charge in [0.1, 0.15) is 5.75 Å². The molecule has 2 rings (SSSR count). The normalized spacial score (nSPS) is 16.5. The first-order valence-electron chi connectivity index (χ1n) is 3.68. The molecule has 11 heavy (non-hydrogen) atoms. The fraction of sp³-hybridized carbons (Fsp3) is 0.333. The molecule has 0 aliphatic heterocycles. The van der Waals surface area contributed by atoms with E-state index in [4.69, 9.17) is 16.3 Å². The third kappa shape index (κ3) is 1.87. The van der Waals surface area contributed by atoms with E-state index in [-0.39, 0.29) is 0 Å². The van der Waals surface area contributed by atoms with Crippen LogP contribution in [0.2, 0.25) is 5.02 Å². The summed E-state index contributed by atoms with van der Waals surface area (Å²) in [6.07, 6.45) is 2.79. The van der Waals surface area contributed by atoms with Crippen molar-refractivity contribution in [3.8, 4) is 5.75 Å². The lowest BCUT2D eigenvalue weighted by Crippen LogP contribution is -1.94. The van der Waals surface area contributed by atoms with Gasteiger partial charge in [0.05, 0.1) is 11.1 Å². The molecule has 1 radical (unpaired) electrons. The van der Waals surface area contributed by atoms with Gasteiger partial charge in [-0.1, -0.05) is 11.6 Å². The Kier molecular flexibility index (Phi) is 1.74. The van der Waals surface area contributed by atoms with Gasteiger partial charge in [0.25, 0.3) is 0 Å². The molecule has 0 spiro atoms. The molecule has 1 aromatic carbocycles. The topological polar surface area (TPSA) is 9.23 Å². The van der Waals surface area contributed by atoms with Gasteiger partial charge >= 0.3 is 0 Å². The van der Waals surface area contributed by atoms with E-state index in [0.717, 1.165) is 5.75 Å². The van der Waals surface area contributed by atoms with Crippen molar-refractivity contribution in [3.63, 3.8) is 0 Å². The van der Waals surface area contributed by atoms with Gasteiger partial charge in [-0.25, -0.2) is 0 Å². The second-order valence-electron chi connectivity index (χ2n) is 2.69. The lowest BCUT2D eigenvalue weighted by atomic mass is 10.3. The Morgan fingerprint density at radius 1 is 1.55 bits per heavy atom. The number of ether oxygens (including phenoxy) is 1. The van der Waals surface area contributed by atoms with Crippen LogP contribution < -0.4 is 4.74 Å². The molecule has 0 aromatic heterocycles. The van der Waals surface area contributed by atoms with Crippen molar-refractivity contribution in [1.29, 1.82) is 0 Å². The van der Waals surface area contributed by atoms with E-state index >= 15 is 0 Å². The average molecular weight is 168 g/mol. The van der Waals surface area contributed by atoms with E-state index in [9.17, 15) is 0 Å². The summed E-state index contributed by atoms with van der Waals surface area (Å²) >= 11 is 5.71. The van der Waals surface area contributed by atoms with E-state index in [1.807, 2.05) is 6.07 Å². The third-order valence-corrected chi connectivity index (χ3v) is 1.78. The predicted octanol–water partition coefficient (Wildman–Crippen LogP) is 2.68. The molecule has 0 unspecified atom stereocenters. The molecule has 0 saturated heterocycles. The van der Waals surface area contributed by atoms with Crippen LogP contribution in [-0.4, -0.2) is 6.10 Å². The second-order valence-corrected chi connectivity index (χ2v) is 3.10. The van der Waals surface area contributed by atoms with E-state index in [1.165, 1.54) is 12.8 Å². The maximum absolute atomic E-state index is 5.71. The van der Waals surface area contributed by atoms with Crippen LogP contribution in [0.5, 0.6) is 5.75 Å². The van der Waals surface area contributed by atoms with E-state index in [0.29, 0.717) is 11.1 Å². The fourth-order valence-corrected chi connectivity index (χ4v) is 1.04. The van der Waals surface area contributed by atoms with Crippen LogP contribution in [0.3, 0.4) is 0 Å². The first-order chi connectivity index (χ1) is 5.34. The Morgan fingerprint density at radius 3 is 3.00 bits per heavy atom. The van der Waals surface area contributed by atoms with E-state index in [2.05, 4.69) is 6.07 Å². The minimum absolute atomic E-state index is 0.438. The Balaban J connectivity index is 2.10. The van der Waals surface area contributed by atoms with Crippen molar-refractivity contribution in [3.05, 3.63) is 29.3 Å². The molecular formula is C9H8ClO. The van der Waals surface area contributed by atoms with Crippen molar-refractivity contribution in [2.75, 3.05) is 0 Å². The molecule has 1 aliphatic carbocycles. The zero-order chi connectivity index (χ0) is 7.68. The quantitative estimate of drug-likeness (QED) is 0.658. The smallest absolute Gasteiger partial charge is 0.121 e. The standard InChI is InChI=1S/C9H8ClO/c10-7-2-1-3-9(6-7)11-8-4-5-8/h1,3,6,8H,4-5H2. The van der Waals surface area contributed by atoms with Crippen LogP contribution in [0.1, 0.15) is 12.8 Å². The van der Waals surface area contributed by atoms with Gasteiger partial charge in [-0.15, -0.1) is 0 Å². The molecule has 2 heteroatoms. The Hall–Kier alpha value is -0.690. The molecule has 0 N–H and O–H groups in total. The number of hydrogen-bond acceptors (Lipinski definition) is 1. The molecule has 0 atom stereocenters. The highest BCUT2D eigenvalue weighted by Crippen LogP contribution is 2.27. The van der Waals surface area contributed by atoms with Gasteiger partial charge in [0.2, 0.25) is 0 Å². The van der Waals surface area contributed by atoms with Crippen LogP contribution in [0, 0.1) is 6.07 Å². The van der Waals surface area contributed by atoms with Crippen LogP contribution >= 0.6 is 11.6 Å². The molecule has 1 saturated carbocycles. The van der Waals surface area contributed by atoms with E-state index in [1.54, 1.807) is 12.1 Å². The SMILES string of the molecule is Clc1[c]ccc(OC2CC2)c1. The summed E-state index contributed by atoms with van der Waals surface area (Å²) in [5.74, 6) is 0.858. The highest BCUT2D eigenvalue weighted by atomic mass is 35.5. The summed E-state index contributed by atoms with van der Waals surface area (Å²) in [6, 6.07) is 8.30. The van der Waals surface area contributed by atoms with Crippen LogP contribution in [0.4, 0.5) is 0 Å². The Bertz CT molecular complexity index is 255. The molecular weight excluding hydrogens is 160 g/mol. The molecule has 0 bridgehead atoms. The number of benzene rings is 1. The van der Waals surface area contributed by atoms with Crippen molar-refractivity contribution >= 4 is 11.6 Å². The predicted molar refractivity (Wildman–Crippen MR) is 43.9 cm³/mol. The van der Waals surface area contributed by atoms with Gasteiger partial charge in [0, 0.05) is 6.07 Å². The van der Waals surface area contributed by atoms with Gasteiger partial charge in [0.15, 0.2) is 0 Å². The molecule has 57 valence electrons. The highest BCUT2D eigenvalue weighted by molar-refractivity contribution is 6.30. The van der Waals surface area contributed by atoms with Crippen molar-refractivity contribution in [1.82, 2.24) is 0 Å². The summed E-state index contributed by atoms with van der Waals surface area (Å²) in [5.41, 5.74) is 0. The van der Waals surface area contributed by atoms with Crippen molar-refractivity contribution in [2.45, 2.75) is 18.9 Å². The molecule has 1 nitrogen and oxygen atoms in total. The van der Waals surface area contributed by atoms with Crippen molar-refractivity contribution < 1.29 is 4.74 Å².